The lowest BCUT2D eigenvalue weighted by Crippen LogP contribution is -2.30. The van der Waals surface area contributed by atoms with Gasteiger partial charge in [-0.05, 0) is 62.0 Å². The molecule has 0 spiro atoms. The molecule has 1 aromatic carbocycles. The molecule has 5 heteroatoms. The van der Waals surface area contributed by atoms with E-state index in [9.17, 15) is 8.42 Å². The van der Waals surface area contributed by atoms with Crippen molar-refractivity contribution in [3.05, 3.63) is 35.5 Å². The van der Waals surface area contributed by atoms with Crippen molar-refractivity contribution >= 4 is 20.7 Å². The molecule has 1 aliphatic rings. The van der Waals surface area contributed by atoms with Crippen molar-refractivity contribution in [2.75, 3.05) is 24.6 Å². The standard InChI is InChI=1S/C19H28N2O2S/c1-3-21-10-5-6-17(21)13-16-14-20-19-8-7-15(12-18(16)19)9-11-24(22,23)4-2/h7-8,12,14,17,20H,3-6,9-11,13H2,1-2H3/t17-/m1/s1. The molecule has 0 saturated carbocycles. The predicted molar refractivity (Wildman–Crippen MR) is 100 cm³/mol. The van der Waals surface area contributed by atoms with Crippen LogP contribution < -0.4 is 0 Å². The van der Waals surface area contributed by atoms with Crippen LogP contribution in [0, 0.1) is 0 Å². The third-order valence-electron chi connectivity index (χ3n) is 5.33. The van der Waals surface area contributed by atoms with E-state index in [0.717, 1.165) is 24.0 Å². The van der Waals surface area contributed by atoms with E-state index < -0.39 is 9.84 Å². The van der Waals surface area contributed by atoms with Crippen molar-refractivity contribution in [1.29, 1.82) is 0 Å². The first-order valence-corrected chi connectivity index (χ1v) is 10.9. The summed E-state index contributed by atoms with van der Waals surface area (Å²) in [4.78, 5) is 5.93. The molecule has 132 valence electrons. The van der Waals surface area contributed by atoms with E-state index in [1.54, 1.807) is 6.92 Å². The number of nitrogens with one attached hydrogen (secondary N) is 1. The fraction of sp³-hybridized carbons (Fsp3) is 0.579. The number of likely N-dealkylation sites (N-methyl/N-ethyl adjacent to an activating group) is 1. The van der Waals surface area contributed by atoms with Crippen LogP contribution in [0.5, 0.6) is 0 Å². The van der Waals surface area contributed by atoms with Gasteiger partial charge >= 0.3 is 0 Å². The molecule has 0 radical (unpaired) electrons. The monoisotopic (exact) mass is 348 g/mol. The van der Waals surface area contributed by atoms with E-state index in [2.05, 4.69) is 35.1 Å². The molecule has 0 unspecified atom stereocenters. The van der Waals surface area contributed by atoms with Gasteiger partial charge < -0.3 is 9.88 Å². The van der Waals surface area contributed by atoms with E-state index in [1.165, 1.54) is 30.3 Å². The molecule has 0 aliphatic carbocycles. The summed E-state index contributed by atoms with van der Waals surface area (Å²) in [5.74, 6) is 0.459. The summed E-state index contributed by atoms with van der Waals surface area (Å²) in [7, 11) is -2.91. The van der Waals surface area contributed by atoms with Gasteiger partial charge in [-0.3, -0.25) is 0 Å². The Kier molecular flexibility index (Phi) is 5.30. The number of hydrogen-bond acceptors (Lipinski definition) is 3. The number of fused-ring (bicyclic) bond motifs is 1. The van der Waals surface area contributed by atoms with Gasteiger partial charge in [-0.2, -0.15) is 0 Å². The summed E-state index contributed by atoms with van der Waals surface area (Å²) in [5.41, 5.74) is 3.61. The number of rotatable bonds is 7. The molecule has 2 aromatic rings. The largest absolute Gasteiger partial charge is 0.361 e. The highest BCUT2D eigenvalue weighted by molar-refractivity contribution is 7.91. The average Bonchev–Trinajstić information content (AvgIpc) is 3.20. The first-order valence-electron chi connectivity index (χ1n) is 9.05. The van der Waals surface area contributed by atoms with Crippen molar-refractivity contribution in [3.8, 4) is 0 Å². The van der Waals surface area contributed by atoms with Crippen LogP contribution in [0.1, 0.15) is 37.8 Å². The molecular weight excluding hydrogens is 320 g/mol. The van der Waals surface area contributed by atoms with Crippen molar-refractivity contribution in [2.45, 2.75) is 45.6 Å². The van der Waals surface area contributed by atoms with E-state index in [-0.39, 0.29) is 11.5 Å². The first-order chi connectivity index (χ1) is 11.5. The maximum absolute atomic E-state index is 11.7. The number of H-pyrrole nitrogens is 1. The molecule has 1 aromatic heterocycles. The Hall–Kier alpha value is -1.33. The molecule has 1 aliphatic heterocycles. The normalized spacial score (nSPS) is 19.3. The lowest BCUT2D eigenvalue weighted by Gasteiger charge is -2.22. The molecule has 0 bridgehead atoms. The number of nitrogens with zero attached hydrogens (tertiary/aromatic N) is 1. The highest BCUT2D eigenvalue weighted by Gasteiger charge is 2.24. The second-order valence-corrected chi connectivity index (χ2v) is 9.28. The SMILES string of the molecule is CCN1CCC[C@@H]1Cc1c[nH]c2ccc(CCS(=O)(=O)CC)cc12. The number of benzene rings is 1. The fourth-order valence-corrected chi connectivity index (χ4v) is 4.60. The van der Waals surface area contributed by atoms with Gasteiger partial charge in [-0.25, -0.2) is 8.42 Å². The smallest absolute Gasteiger partial charge is 0.150 e. The molecule has 1 N–H and O–H groups in total. The van der Waals surface area contributed by atoms with Crippen LogP contribution in [0.4, 0.5) is 0 Å². The van der Waals surface area contributed by atoms with Crippen LogP contribution in [-0.4, -0.2) is 48.9 Å². The molecule has 1 saturated heterocycles. The summed E-state index contributed by atoms with van der Waals surface area (Å²) in [5, 5.41) is 1.25. The van der Waals surface area contributed by atoms with Gasteiger partial charge in [0.1, 0.15) is 9.84 Å². The summed E-state index contributed by atoms with van der Waals surface area (Å²) >= 11 is 0. The Balaban J connectivity index is 1.78. The Morgan fingerprint density at radius 2 is 2.12 bits per heavy atom. The highest BCUT2D eigenvalue weighted by Crippen LogP contribution is 2.26. The third kappa shape index (κ3) is 3.83. The molecule has 1 atom stereocenters. The van der Waals surface area contributed by atoms with Gasteiger partial charge in [0.05, 0.1) is 5.75 Å². The summed E-state index contributed by atoms with van der Waals surface area (Å²) in [6.07, 6.45) is 6.37. The number of likely N-dealkylation sites (tertiary alicyclic amines) is 1. The molecule has 3 rings (SSSR count). The minimum Gasteiger partial charge on any atom is -0.361 e. The van der Waals surface area contributed by atoms with E-state index in [1.807, 2.05) is 6.07 Å². The third-order valence-corrected chi connectivity index (χ3v) is 7.04. The minimum absolute atomic E-state index is 0.221. The number of hydrogen-bond donors (Lipinski definition) is 1. The van der Waals surface area contributed by atoms with Crippen molar-refractivity contribution < 1.29 is 8.42 Å². The molecule has 2 heterocycles. The molecular formula is C19H28N2O2S. The van der Waals surface area contributed by atoms with Gasteiger partial charge in [0.2, 0.25) is 0 Å². The van der Waals surface area contributed by atoms with Crippen LogP contribution in [0.3, 0.4) is 0 Å². The van der Waals surface area contributed by atoms with Crippen molar-refractivity contribution in [3.63, 3.8) is 0 Å². The molecule has 4 nitrogen and oxygen atoms in total. The highest BCUT2D eigenvalue weighted by atomic mass is 32.2. The maximum atomic E-state index is 11.7. The van der Waals surface area contributed by atoms with Crippen LogP contribution in [0.15, 0.2) is 24.4 Å². The minimum atomic E-state index is -2.91. The molecule has 0 amide bonds. The Morgan fingerprint density at radius 3 is 2.88 bits per heavy atom. The topological polar surface area (TPSA) is 53.2 Å². The maximum Gasteiger partial charge on any atom is 0.150 e. The fourth-order valence-electron chi connectivity index (χ4n) is 3.76. The van der Waals surface area contributed by atoms with Gasteiger partial charge in [0, 0.05) is 28.9 Å². The summed E-state index contributed by atoms with van der Waals surface area (Å²) < 4.78 is 23.5. The van der Waals surface area contributed by atoms with Crippen LogP contribution in [-0.2, 0) is 22.7 Å². The van der Waals surface area contributed by atoms with Crippen LogP contribution in [0.25, 0.3) is 10.9 Å². The quantitative estimate of drug-likeness (QED) is 0.836. The predicted octanol–water partition coefficient (Wildman–Crippen LogP) is 3.17. The molecule has 24 heavy (non-hydrogen) atoms. The Bertz CT molecular complexity index is 795. The summed E-state index contributed by atoms with van der Waals surface area (Å²) in [6, 6.07) is 6.94. The van der Waals surface area contributed by atoms with Gasteiger partial charge in [-0.1, -0.05) is 19.9 Å². The van der Waals surface area contributed by atoms with Crippen LogP contribution >= 0.6 is 0 Å². The van der Waals surface area contributed by atoms with Crippen molar-refractivity contribution in [2.24, 2.45) is 0 Å². The van der Waals surface area contributed by atoms with Gasteiger partial charge in [0.25, 0.3) is 0 Å². The second kappa shape index (κ2) is 7.28. The Labute approximate surface area is 145 Å². The lowest BCUT2D eigenvalue weighted by atomic mass is 10.0. The van der Waals surface area contributed by atoms with E-state index in [4.69, 9.17) is 0 Å². The van der Waals surface area contributed by atoms with E-state index in [0.29, 0.717) is 12.5 Å². The van der Waals surface area contributed by atoms with Crippen LogP contribution in [0.2, 0.25) is 0 Å². The zero-order chi connectivity index (χ0) is 17.2. The van der Waals surface area contributed by atoms with Crippen molar-refractivity contribution in [1.82, 2.24) is 9.88 Å². The number of sulfone groups is 1. The van der Waals surface area contributed by atoms with Gasteiger partial charge in [0.15, 0.2) is 0 Å². The second-order valence-electron chi connectivity index (χ2n) is 6.81. The van der Waals surface area contributed by atoms with E-state index >= 15 is 0 Å². The first kappa shape index (κ1) is 17.5. The molecule has 1 fully saturated rings. The number of aryl methyl sites for hydroxylation is 1. The number of aromatic nitrogens is 1. The summed E-state index contributed by atoms with van der Waals surface area (Å²) in [6.45, 7) is 6.28. The lowest BCUT2D eigenvalue weighted by molar-refractivity contribution is 0.266. The van der Waals surface area contributed by atoms with Gasteiger partial charge in [-0.15, -0.1) is 0 Å². The number of aromatic amines is 1. The average molecular weight is 349 g/mol. The zero-order valence-corrected chi connectivity index (χ0v) is 15.5. The Morgan fingerprint density at radius 1 is 1.29 bits per heavy atom. The zero-order valence-electron chi connectivity index (χ0n) is 14.7.